The molecular weight excluding hydrogens is 360 g/mol. The van der Waals surface area contributed by atoms with Crippen molar-refractivity contribution in [3.8, 4) is 0 Å². The topological polar surface area (TPSA) is 49.4 Å². The summed E-state index contributed by atoms with van der Waals surface area (Å²) in [6, 6.07) is 17.8. The lowest BCUT2D eigenvalue weighted by atomic mass is 9.71. The molecule has 152 valence electrons. The average molecular weight is 391 g/mol. The molecule has 1 N–H and O–H groups in total. The Hall–Kier alpha value is -2.62. The molecule has 1 aliphatic heterocycles. The molecular formula is C25H30N2O2. The van der Waals surface area contributed by atoms with Crippen molar-refractivity contribution in [3.05, 3.63) is 71.3 Å². The highest BCUT2D eigenvalue weighted by Crippen LogP contribution is 2.50. The first-order valence-electron chi connectivity index (χ1n) is 10.9. The molecule has 2 amide bonds. The van der Waals surface area contributed by atoms with Crippen LogP contribution in [0.1, 0.15) is 72.9 Å². The van der Waals surface area contributed by atoms with Gasteiger partial charge in [0.05, 0.1) is 11.5 Å². The van der Waals surface area contributed by atoms with Gasteiger partial charge in [-0.25, -0.2) is 0 Å². The van der Waals surface area contributed by atoms with Crippen LogP contribution in [0.15, 0.2) is 54.6 Å². The third-order valence-electron chi connectivity index (χ3n) is 6.57. The Morgan fingerprint density at radius 3 is 2.48 bits per heavy atom. The molecule has 0 unspecified atom stereocenters. The number of hydrogen-bond donors (Lipinski definition) is 1. The number of carbonyl (C=O) groups excluding carboxylic acids is 2. The van der Waals surface area contributed by atoms with E-state index in [0.29, 0.717) is 18.7 Å². The van der Waals surface area contributed by atoms with Crippen molar-refractivity contribution in [2.75, 3.05) is 6.54 Å². The first kappa shape index (κ1) is 19.7. The second kappa shape index (κ2) is 8.40. The number of hydrogen-bond acceptors (Lipinski definition) is 2. The third kappa shape index (κ3) is 3.57. The van der Waals surface area contributed by atoms with Gasteiger partial charge in [0.15, 0.2) is 0 Å². The standard InChI is InChI=1S/C25H30N2O2/c1-2-3-17-26-23(28)22-20-13-7-8-14-21(20)24(29)27(25(22)15-9-10-16-25)18-19-11-5-4-6-12-19/h4-8,11-14,22H,2-3,9-10,15-18H2,1H3,(H,26,28)/t22-/m0/s1. The molecule has 1 aliphatic carbocycles. The molecule has 4 rings (SSSR count). The smallest absolute Gasteiger partial charge is 0.254 e. The van der Waals surface area contributed by atoms with Gasteiger partial charge in [-0.3, -0.25) is 9.59 Å². The van der Waals surface area contributed by atoms with Crippen LogP contribution < -0.4 is 5.32 Å². The van der Waals surface area contributed by atoms with Gasteiger partial charge >= 0.3 is 0 Å². The van der Waals surface area contributed by atoms with E-state index < -0.39 is 5.54 Å². The summed E-state index contributed by atoms with van der Waals surface area (Å²) in [4.78, 5) is 29.1. The van der Waals surface area contributed by atoms with Crippen molar-refractivity contribution >= 4 is 11.8 Å². The summed E-state index contributed by atoms with van der Waals surface area (Å²) < 4.78 is 0. The highest BCUT2D eigenvalue weighted by Gasteiger charge is 2.55. The Kier molecular flexibility index (Phi) is 5.70. The van der Waals surface area contributed by atoms with Gasteiger partial charge in [0, 0.05) is 18.7 Å². The molecule has 4 nitrogen and oxygen atoms in total. The third-order valence-corrected chi connectivity index (χ3v) is 6.57. The number of amides is 2. The molecule has 29 heavy (non-hydrogen) atoms. The maximum atomic E-state index is 13.6. The largest absolute Gasteiger partial charge is 0.355 e. The van der Waals surface area contributed by atoms with Crippen molar-refractivity contribution in [2.45, 2.75) is 63.5 Å². The van der Waals surface area contributed by atoms with Crippen molar-refractivity contribution in [1.29, 1.82) is 0 Å². The lowest BCUT2D eigenvalue weighted by Crippen LogP contribution is -2.60. The summed E-state index contributed by atoms with van der Waals surface area (Å²) >= 11 is 0. The van der Waals surface area contributed by atoms with Gasteiger partial charge in [0.1, 0.15) is 0 Å². The molecule has 1 saturated carbocycles. The maximum absolute atomic E-state index is 13.6. The Balaban J connectivity index is 1.78. The fraction of sp³-hybridized carbons (Fsp3) is 0.440. The summed E-state index contributed by atoms with van der Waals surface area (Å²) in [6.07, 6.45) is 5.89. The summed E-state index contributed by atoms with van der Waals surface area (Å²) in [7, 11) is 0. The van der Waals surface area contributed by atoms with Crippen LogP contribution in [-0.4, -0.2) is 28.8 Å². The van der Waals surface area contributed by atoms with E-state index in [4.69, 9.17) is 0 Å². The molecule has 1 heterocycles. The summed E-state index contributed by atoms with van der Waals surface area (Å²) in [5.41, 5.74) is 2.25. The van der Waals surface area contributed by atoms with Crippen LogP contribution in [0.3, 0.4) is 0 Å². The van der Waals surface area contributed by atoms with Crippen molar-refractivity contribution < 1.29 is 9.59 Å². The molecule has 1 atom stereocenters. The summed E-state index contributed by atoms with van der Waals surface area (Å²) in [5.74, 6) is -0.179. The first-order chi connectivity index (χ1) is 14.2. The summed E-state index contributed by atoms with van der Waals surface area (Å²) in [5, 5.41) is 3.17. The Morgan fingerprint density at radius 2 is 1.76 bits per heavy atom. The predicted molar refractivity (Wildman–Crippen MR) is 115 cm³/mol. The average Bonchev–Trinajstić information content (AvgIpc) is 3.22. The predicted octanol–water partition coefficient (Wildman–Crippen LogP) is 4.66. The zero-order valence-electron chi connectivity index (χ0n) is 17.2. The quantitative estimate of drug-likeness (QED) is 0.730. The van der Waals surface area contributed by atoms with Crippen LogP contribution >= 0.6 is 0 Å². The van der Waals surface area contributed by atoms with Gasteiger partial charge in [-0.05, 0) is 36.5 Å². The van der Waals surface area contributed by atoms with E-state index in [0.717, 1.165) is 49.7 Å². The van der Waals surface area contributed by atoms with Crippen LogP contribution in [0.2, 0.25) is 0 Å². The highest BCUT2D eigenvalue weighted by molar-refractivity contribution is 6.02. The highest BCUT2D eigenvalue weighted by atomic mass is 16.2. The monoisotopic (exact) mass is 390 g/mol. The lowest BCUT2D eigenvalue weighted by Gasteiger charge is -2.50. The number of nitrogens with zero attached hydrogens (tertiary/aromatic N) is 1. The molecule has 0 bridgehead atoms. The minimum Gasteiger partial charge on any atom is -0.355 e. The van der Waals surface area contributed by atoms with E-state index in [-0.39, 0.29) is 17.7 Å². The molecule has 1 fully saturated rings. The van der Waals surface area contributed by atoms with E-state index in [1.807, 2.05) is 47.4 Å². The number of carbonyl (C=O) groups is 2. The van der Waals surface area contributed by atoms with Gasteiger partial charge < -0.3 is 10.2 Å². The van der Waals surface area contributed by atoms with Crippen LogP contribution in [-0.2, 0) is 11.3 Å². The number of fused-ring (bicyclic) bond motifs is 1. The number of rotatable bonds is 6. The van der Waals surface area contributed by atoms with Gasteiger partial charge in [-0.15, -0.1) is 0 Å². The lowest BCUT2D eigenvalue weighted by molar-refractivity contribution is -0.126. The second-order valence-electron chi connectivity index (χ2n) is 8.35. The van der Waals surface area contributed by atoms with E-state index in [1.165, 1.54) is 0 Å². The van der Waals surface area contributed by atoms with E-state index in [1.54, 1.807) is 0 Å². The summed E-state index contributed by atoms with van der Waals surface area (Å²) in [6.45, 7) is 3.37. The molecule has 2 aliphatic rings. The Bertz CT molecular complexity index is 871. The normalized spacial score (nSPS) is 20.0. The van der Waals surface area contributed by atoms with E-state index in [2.05, 4.69) is 24.4 Å². The maximum Gasteiger partial charge on any atom is 0.254 e. The zero-order chi connectivity index (χ0) is 20.3. The van der Waals surface area contributed by atoms with Crippen LogP contribution in [0.25, 0.3) is 0 Å². The van der Waals surface area contributed by atoms with E-state index in [9.17, 15) is 9.59 Å². The van der Waals surface area contributed by atoms with Crippen molar-refractivity contribution in [2.24, 2.45) is 0 Å². The van der Waals surface area contributed by atoms with Gasteiger partial charge in [0.2, 0.25) is 5.91 Å². The Labute approximate surface area is 173 Å². The molecule has 0 saturated heterocycles. The second-order valence-corrected chi connectivity index (χ2v) is 8.35. The molecule has 1 spiro atoms. The Morgan fingerprint density at radius 1 is 1.07 bits per heavy atom. The number of benzene rings is 2. The van der Waals surface area contributed by atoms with Gasteiger partial charge in [0.25, 0.3) is 5.91 Å². The first-order valence-corrected chi connectivity index (χ1v) is 10.9. The van der Waals surface area contributed by atoms with Crippen molar-refractivity contribution in [3.63, 3.8) is 0 Å². The van der Waals surface area contributed by atoms with Crippen molar-refractivity contribution in [1.82, 2.24) is 10.2 Å². The number of unbranched alkanes of at least 4 members (excludes halogenated alkanes) is 1. The van der Waals surface area contributed by atoms with Crippen LogP contribution in [0.5, 0.6) is 0 Å². The number of nitrogens with one attached hydrogen (secondary N) is 1. The van der Waals surface area contributed by atoms with E-state index >= 15 is 0 Å². The minimum atomic E-state index is -0.433. The minimum absolute atomic E-state index is 0.0592. The molecule has 0 aromatic heterocycles. The van der Waals surface area contributed by atoms with Crippen LogP contribution in [0, 0.1) is 0 Å². The molecule has 2 aromatic carbocycles. The molecule has 0 radical (unpaired) electrons. The zero-order valence-corrected chi connectivity index (χ0v) is 17.2. The SMILES string of the molecule is CCCCNC(=O)[C@@H]1c2ccccc2C(=O)N(Cc2ccccc2)C12CCCC2. The van der Waals surface area contributed by atoms with Crippen LogP contribution in [0.4, 0.5) is 0 Å². The van der Waals surface area contributed by atoms with Gasteiger partial charge in [-0.1, -0.05) is 74.7 Å². The molecule has 4 heteroatoms. The fourth-order valence-electron chi connectivity index (χ4n) is 5.15. The molecule has 2 aromatic rings. The fourth-order valence-corrected chi connectivity index (χ4v) is 5.15. The van der Waals surface area contributed by atoms with Gasteiger partial charge in [-0.2, -0.15) is 0 Å².